The first-order valence-corrected chi connectivity index (χ1v) is 8.97. The molecule has 1 heterocycles. The standard InChI is InChI=1S/C16H20ClN3O3S/c1-3-22-12-7-4-5-8-13(12)23-10-6-9-14-19-20-16(24-14)18-15(21)11(2)17/h4-5,7-8,11H,3,6,9-10H2,1-2H3,(H,18,20,21). The summed E-state index contributed by atoms with van der Waals surface area (Å²) in [4.78, 5) is 11.5. The van der Waals surface area contributed by atoms with Crippen molar-refractivity contribution in [1.82, 2.24) is 10.2 Å². The number of nitrogens with zero attached hydrogens (tertiary/aromatic N) is 2. The maximum atomic E-state index is 11.5. The Kier molecular flexibility index (Phi) is 7.27. The molecule has 8 heteroatoms. The van der Waals surface area contributed by atoms with Gasteiger partial charge in [0, 0.05) is 6.42 Å². The molecule has 0 aliphatic carbocycles. The second kappa shape index (κ2) is 9.44. The Labute approximate surface area is 150 Å². The van der Waals surface area contributed by atoms with Gasteiger partial charge in [-0.05, 0) is 32.4 Å². The van der Waals surface area contributed by atoms with Crippen LogP contribution in [0.5, 0.6) is 11.5 Å². The summed E-state index contributed by atoms with van der Waals surface area (Å²) in [5.41, 5.74) is 0. The molecule has 0 saturated carbocycles. The van der Waals surface area contributed by atoms with Gasteiger partial charge in [0.05, 0.1) is 13.2 Å². The van der Waals surface area contributed by atoms with Crippen LogP contribution in [-0.4, -0.2) is 34.7 Å². The number of alkyl halides is 1. The number of carbonyl (C=O) groups excluding carboxylic acids is 1. The minimum atomic E-state index is -0.601. The molecule has 0 spiro atoms. The molecule has 130 valence electrons. The number of aromatic nitrogens is 2. The molecule has 2 aromatic rings. The highest BCUT2D eigenvalue weighted by Crippen LogP contribution is 2.26. The Balaban J connectivity index is 1.77. The molecule has 6 nitrogen and oxygen atoms in total. The van der Waals surface area contributed by atoms with Crippen molar-refractivity contribution < 1.29 is 14.3 Å². The Morgan fingerprint density at radius 2 is 2.00 bits per heavy atom. The molecule has 0 aliphatic heterocycles. The van der Waals surface area contributed by atoms with Gasteiger partial charge in [0.15, 0.2) is 11.5 Å². The molecule has 1 aromatic carbocycles. The van der Waals surface area contributed by atoms with Gasteiger partial charge in [0.25, 0.3) is 0 Å². The summed E-state index contributed by atoms with van der Waals surface area (Å²) in [7, 11) is 0. The van der Waals surface area contributed by atoms with Gasteiger partial charge in [0.1, 0.15) is 10.4 Å². The zero-order chi connectivity index (χ0) is 17.4. The predicted octanol–water partition coefficient (Wildman–Crippen LogP) is 3.51. The predicted molar refractivity (Wildman–Crippen MR) is 95.3 cm³/mol. The number of rotatable bonds is 9. The molecule has 1 amide bonds. The molecule has 1 atom stereocenters. The molecule has 1 unspecified atom stereocenters. The van der Waals surface area contributed by atoms with Crippen molar-refractivity contribution in [3.05, 3.63) is 29.3 Å². The van der Waals surface area contributed by atoms with Crippen LogP contribution in [0.25, 0.3) is 0 Å². The van der Waals surface area contributed by atoms with Crippen LogP contribution in [0.1, 0.15) is 25.3 Å². The number of nitrogens with one attached hydrogen (secondary N) is 1. The lowest BCUT2D eigenvalue weighted by atomic mass is 10.3. The second-order valence-corrected chi connectivity index (χ2v) is 6.65. The number of aryl methyl sites for hydroxylation is 1. The van der Waals surface area contributed by atoms with E-state index < -0.39 is 5.38 Å². The van der Waals surface area contributed by atoms with Crippen LogP contribution >= 0.6 is 22.9 Å². The van der Waals surface area contributed by atoms with E-state index in [0.29, 0.717) is 18.3 Å². The average Bonchev–Trinajstić information content (AvgIpc) is 3.00. The van der Waals surface area contributed by atoms with E-state index in [2.05, 4.69) is 15.5 Å². The summed E-state index contributed by atoms with van der Waals surface area (Å²) >= 11 is 7.04. The van der Waals surface area contributed by atoms with Crippen LogP contribution in [0.15, 0.2) is 24.3 Å². The third kappa shape index (κ3) is 5.65. The van der Waals surface area contributed by atoms with E-state index in [-0.39, 0.29) is 5.91 Å². The summed E-state index contributed by atoms with van der Waals surface area (Å²) in [6.45, 7) is 4.69. The fourth-order valence-electron chi connectivity index (χ4n) is 1.86. The van der Waals surface area contributed by atoms with Gasteiger partial charge in [-0.15, -0.1) is 21.8 Å². The zero-order valence-electron chi connectivity index (χ0n) is 13.6. The fourth-order valence-corrected chi connectivity index (χ4v) is 2.70. The van der Waals surface area contributed by atoms with E-state index in [4.69, 9.17) is 21.1 Å². The molecule has 0 radical (unpaired) electrons. The summed E-state index contributed by atoms with van der Waals surface area (Å²) in [6.07, 6.45) is 1.51. The van der Waals surface area contributed by atoms with Crippen molar-refractivity contribution in [2.24, 2.45) is 0 Å². The van der Waals surface area contributed by atoms with Gasteiger partial charge in [-0.3, -0.25) is 10.1 Å². The van der Waals surface area contributed by atoms with Crippen molar-refractivity contribution in [3.63, 3.8) is 0 Å². The van der Waals surface area contributed by atoms with Gasteiger partial charge in [-0.2, -0.15) is 0 Å². The van der Waals surface area contributed by atoms with Crippen molar-refractivity contribution in [1.29, 1.82) is 0 Å². The van der Waals surface area contributed by atoms with Crippen LogP contribution in [0.3, 0.4) is 0 Å². The van der Waals surface area contributed by atoms with Gasteiger partial charge in [-0.1, -0.05) is 23.5 Å². The van der Waals surface area contributed by atoms with E-state index in [1.807, 2.05) is 31.2 Å². The fraction of sp³-hybridized carbons (Fsp3) is 0.438. The lowest BCUT2D eigenvalue weighted by molar-refractivity contribution is -0.115. The monoisotopic (exact) mass is 369 g/mol. The maximum Gasteiger partial charge on any atom is 0.243 e. The number of ether oxygens (including phenoxy) is 2. The van der Waals surface area contributed by atoms with Crippen molar-refractivity contribution in [3.8, 4) is 11.5 Å². The van der Waals surface area contributed by atoms with Crippen LogP contribution in [0.2, 0.25) is 0 Å². The molecular weight excluding hydrogens is 350 g/mol. The highest BCUT2D eigenvalue weighted by molar-refractivity contribution is 7.15. The number of amides is 1. The number of anilines is 1. The van der Waals surface area contributed by atoms with Gasteiger partial charge < -0.3 is 9.47 Å². The van der Waals surface area contributed by atoms with Crippen LogP contribution < -0.4 is 14.8 Å². The number of hydrogen-bond acceptors (Lipinski definition) is 6. The molecule has 0 aliphatic rings. The number of benzene rings is 1. The molecular formula is C16H20ClN3O3S. The van der Waals surface area contributed by atoms with Gasteiger partial charge >= 0.3 is 0 Å². The SMILES string of the molecule is CCOc1ccccc1OCCCc1nnc(NC(=O)C(C)Cl)s1. The minimum Gasteiger partial charge on any atom is -0.490 e. The van der Waals surface area contributed by atoms with Gasteiger partial charge in [0.2, 0.25) is 11.0 Å². The zero-order valence-corrected chi connectivity index (χ0v) is 15.2. The number of hydrogen-bond donors (Lipinski definition) is 1. The highest BCUT2D eigenvalue weighted by Gasteiger charge is 2.12. The molecule has 2 rings (SSSR count). The largest absolute Gasteiger partial charge is 0.490 e. The third-order valence-corrected chi connectivity index (χ3v) is 4.10. The maximum absolute atomic E-state index is 11.5. The molecule has 0 saturated heterocycles. The van der Waals surface area contributed by atoms with Crippen LogP contribution in [0, 0.1) is 0 Å². The second-order valence-electron chi connectivity index (χ2n) is 4.94. The Bertz CT molecular complexity index is 664. The van der Waals surface area contributed by atoms with E-state index in [1.165, 1.54) is 11.3 Å². The molecule has 1 aromatic heterocycles. The smallest absolute Gasteiger partial charge is 0.243 e. The topological polar surface area (TPSA) is 73.3 Å². The Hall–Kier alpha value is -1.86. The first-order valence-electron chi connectivity index (χ1n) is 7.72. The third-order valence-electron chi connectivity index (χ3n) is 3.00. The average molecular weight is 370 g/mol. The summed E-state index contributed by atoms with van der Waals surface area (Å²) < 4.78 is 11.3. The molecule has 0 fully saturated rings. The number of halogens is 1. The van der Waals surface area contributed by atoms with Gasteiger partial charge in [-0.25, -0.2) is 0 Å². The Morgan fingerprint density at radius 3 is 2.67 bits per heavy atom. The molecule has 1 N–H and O–H groups in total. The summed E-state index contributed by atoms with van der Waals surface area (Å²) in [6, 6.07) is 7.60. The normalized spacial score (nSPS) is 11.8. The van der Waals surface area contributed by atoms with E-state index in [0.717, 1.165) is 29.3 Å². The van der Waals surface area contributed by atoms with E-state index in [1.54, 1.807) is 6.92 Å². The number of carbonyl (C=O) groups is 1. The van der Waals surface area contributed by atoms with Crippen molar-refractivity contribution in [2.75, 3.05) is 18.5 Å². The van der Waals surface area contributed by atoms with Crippen LogP contribution in [0.4, 0.5) is 5.13 Å². The van der Waals surface area contributed by atoms with E-state index >= 15 is 0 Å². The van der Waals surface area contributed by atoms with E-state index in [9.17, 15) is 4.79 Å². The lowest BCUT2D eigenvalue weighted by Gasteiger charge is -2.10. The number of para-hydroxylation sites is 2. The molecule has 0 bridgehead atoms. The first-order chi connectivity index (χ1) is 11.6. The first kappa shape index (κ1) is 18.5. The summed E-state index contributed by atoms with van der Waals surface area (Å²) in [5.74, 6) is 1.20. The minimum absolute atomic E-state index is 0.282. The molecule has 24 heavy (non-hydrogen) atoms. The lowest BCUT2D eigenvalue weighted by Crippen LogP contribution is -2.20. The van der Waals surface area contributed by atoms with Crippen molar-refractivity contribution >= 4 is 34.0 Å². The Morgan fingerprint density at radius 1 is 1.29 bits per heavy atom. The van der Waals surface area contributed by atoms with Crippen LogP contribution in [-0.2, 0) is 11.2 Å². The summed E-state index contributed by atoms with van der Waals surface area (Å²) in [5, 5.41) is 11.3. The quantitative estimate of drug-likeness (QED) is 0.540. The van der Waals surface area contributed by atoms with Crippen molar-refractivity contribution in [2.45, 2.75) is 32.1 Å². The highest BCUT2D eigenvalue weighted by atomic mass is 35.5.